The smallest absolute Gasteiger partial charge is 0.407 e. The topological polar surface area (TPSA) is 105 Å². The Hall–Kier alpha value is -3.61. The van der Waals surface area contributed by atoms with Gasteiger partial charge in [0.05, 0.1) is 0 Å². The third-order valence-electron chi connectivity index (χ3n) is 5.34. The number of carbonyl (C=O) groups excluding carboxylic acids is 2. The highest BCUT2D eigenvalue weighted by atomic mass is 16.5. The summed E-state index contributed by atoms with van der Waals surface area (Å²) in [6.07, 6.45) is 1.66. The number of carboxylic acids is 1. The zero-order chi connectivity index (χ0) is 22.4. The predicted octanol–water partition coefficient (Wildman–Crippen LogP) is 3.45. The van der Waals surface area contributed by atoms with Gasteiger partial charge in [0.15, 0.2) is 0 Å². The Labute approximate surface area is 181 Å². The first-order valence-electron chi connectivity index (χ1n) is 10.2. The number of aliphatic carboxylic acids is 1. The molecule has 0 bridgehead atoms. The lowest BCUT2D eigenvalue weighted by Gasteiger charge is -2.20. The molecule has 0 heterocycles. The second kappa shape index (κ2) is 9.93. The number of hydrogen-bond acceptors (Lipinski definition) is 4. The van der Waals surface area contributed by atoms with Gasteiger partial charge in [-0.1, -0.05) is 54.6 Å². The zero-order valence-corrected chi connectivity index (χ0v) is 17.3. The monoisotopic (exact) mass is 422 g/mol. The van der Waals surface area contributed by atoms with Crippen LogP contribution in [0.4, 0.5) is 4.79 Å². The number of alkyl carbamates (subject to hydrolysis) is 1. The summed E-state index contributed by atoms with van der Waals surface area (Å²) in [4.78, 5) is 35.9. The zero-order valence-electron chi connectivity index (χ0n) is 17.3. The number of benzene rings is 2. The summed E-state index contributed by atoms with van der Waals surface area (Å²) in [6.45, 7) is 5.11. The van der Waals surface area contributed by atoms with E-state index >= 15 is 0 Å². The van der Waals surface area contributed by atoms with Crippen molar-refractivity contribution in [1.82, 2.24) is 10.6 Å². The van der Waals surface area contributed by atoms with Crippen molar-refractivity contribution in [2.45, 2.75) is 37.8 Å². The van der Waals surface area contributed by atoms with Crippen LogP contribution in [0.25, 0.3) is 11.1 Å². The van der Waals surface area contributed by atoms with E-state index in [0.717, 1.165) is 22.3 Å². The summed E-state index contributed by atoms with van der Waals surface area (Å²) < 4.78 is 5.48. The number of ether oxygens (including phenoxy) is 1. The molecule has 2 atom stereocenters. The molecule has 0 fully saturated rings. The SMILES string of the molecule is C=CCCC(NC(=O)OCC1c2ccccc2-c2ccccc21)C(=O)N[C@H](C)C(=O)O. The number of carbonyl (C=O) groups is 3. The molecule has 1 unspecified atom stereocenters. The number of amides is 2. The van der Waals surface area contributed by atoms with Crippen molar-refractivity contribution in [2.24, 2.45) is 0 Å². The molecule has 2 aromatic carbocycles. The molecule has 3 rings (SSSR count). The summed E-state index contributed by atoms with van der Waals surface area (Å²) in [5.74, 6) is -1.83. The van der Waals surface area contributed by atoms with Crippen LogP contribution in [0.5, 0.6) is 0 Å². The van der Waals surface area contributed by atoms with E-state index < -0.39 is 30.1 Å². The van der Waals surface area contributed by atoms with Crippen LogP contribution in [0, 0.1) is 0 Å². The first-order chi connectivity index (χ1) is 14.9. The van der Waals surface area contributed by atoms with Crippen molar-refractivity contribution >= 4 is 18.0 Å². The second-order valence-corrected chi connectivity index (χ2v) is 7.46. The Morgan fingerprint density at radius 3 is 2.19 bits per heavy atom. The first-order valence-corrected chi connectivity index (χ1v) is 10.2. The average Bonchev–Trinajstić information content (AvgIpc) is 3.08. The fourth-order valence-corrected chi connectivity index (χ4v) is 3.71. The van der Waals surface area contributed by atoms with E-state index in [4.69, 9.17) is 9.84 Å². The lowest BCUT2D eigenvalue weighted by Crippen LogP contribution is -2.50. The molecule has 7 heteroatoms. The van der Waals surface area contributed by atoms with Crippen LogP contribution in [0.2, 0.25) is 0 Å². The molecule has 1 aliphatic rings. The van der Waals surface area contributed by atoms with Crippen molar-refractivity contribution < 1.29 is 24.2 Å². The van der Waals surface area contributed by atoms with Gasteiger partial charge in [0.2, 0.25) is 5.91 Å². The van der Waals surface area contributed by atoms with E-state index in [1.807, 2.05) is 48.5 Å². The summed E-state index contributed by atoms with van der Waals surface area (Å²) >= 11 is 0. The van der Waals surface area contributed by atoms with Gasteiger partial charge < -0.3 is 20.5 Å². The molecule has 31 heavy (non-hydrogen) atoms. The van der Waals surface area contributed by atoms with Crippen LogP contribution in [0.1, 0.15) is 36.8 Å². The number of allylic oxidation sites excluding steroid dienone is 1. The Morgan fingerprint density at radius 1 is 1.06 bits per heavy atom. The molecule has 0 aromatic heterocycles. The summed E-state index contributed by atoms with van der Waals surface area (Å²) in [6, 6.07) is 14.0. The van der Waals surface area contributed by atoms with E-state index in [0.29, 0.717) is 6.42 Å². The van der Waals surface area contributed by atoms with Crippen LogP contribution in [0.15, 0.2) is 61.2 Å². The minimum absolute atomic E-state index is 0.0920. The fraction of sp³-hybridized carbons (Fsp3) is 0.292. The normalized spacial score (nSPS) is 14.0. The van der Waals surface area contributed by atoms with Gasteiger partial charge in [0, 0.05) is 5.92 Å². The summed E-state index contributed by atoms with van der Waals surface area (Å²) in [5, 5.41) is 13.9. The standard InChI is InChI=1S/C24H26N2O5/c1-3-4-13-21(22(27)25-15(2)23(28)29)26-24(30)31-14-20-18-11-7-5-9-16(18)17-10-6-8-12-19(17)20/h3,5-12,15,20-21H,1,4,13-14H2,2H3,(H,25,27)(H,26,30)(H,28,29)/t15-,21?/m1/s1. The van der Waals surface area contributed by atoms with Gasteiger partial charge in [-0.25, -0.2) is 4.79 Å². The molecule has 7 nitrogen and oxygen atoms in total. The number of carboxylic acid groups (broad SMARTS) is 1. The number of nitrogens with one attached hydrogen (secondary N) is 2. The summed E-state index contributed by atoms with van der Waals surface area (Å²) in [5.41, 5.74) is 4.43. The highest BCUT2D eigenvalue weighted by molar-refractivity contribution is 5.89. The predicted molar refractivity (Wildman–Crippen MR) is 117 cm³/mol. The maximum Gasteiger partial charge on any atom is 0.407 e. The Kier molecular flexibility index (Phi) is 7.07. The fourth-order valence-electron chi connectivity index (χ4n) is 3.71. The van der Waals surface area contributed by atoms with Crippen LogP contribution in [0.3, 0.4) is 0 Å². The molecule has 162 valence electrons. The molecule has 2 amide bonds. The van der Waals surface area contributed by atoms with Crippen LogP contribution in [-0.2, 0) is 14.3 Å². The van der Waals surface area contributed by atoms with Gasteiger partial charge in [-0.3, -0.25) is 9.59 Å². The Morgan fingerprint density at radius 2 is 1.65 bits per heavy atom. The van der Waals surface area contributed by atoms with Crippen LogP contribution < -0.4 is 10.6 Å². The molecule has 0 spiro atoms. The summed E-state index contributed by atoms with van der Waals surface area (Å²) in [7, 11) is 0. The lowest BCUT2D eigenvalue weighted by molar-refractivity contribution is -0.141. The van der Waals surface area contributed by atoms with E-state index in [2.05, 4.69) is 17.2 Å². The van der Waals surface area contributed by atoms with Gasteiger partial charge in [-0.2, -0.15) is 0 Å². The van der Waals surface area contributed by atoms with Crippen molar-refractivity contribution in [3.05, 3.63) is 72.3 Å². The van der Waals surface area contributed by atoms with Gasteiger partial charge in [0.1, 0.15) is 18.7 Å². The number of hydrogen-bond donors (Lipinski definition) is 3. The molecular formula is C24H26N2O5. The van der Waals surface area contributed by atoms with Crippen molar-refractivity contribution in [1.29, 1.82) is 0 Å². The maximum atomic E-state index is 12.5. The maximum absolute atomic E-state index is 12.5. The largest absolute Gasteiger partial charge is 0.480 e. The molecule has 0 radical (unpaired) electrons. The van der Waals surface area contributed by atoms with Crippen molar-refractivity contribution in [3.8, 4) is 11.1 Å². The average molecular weight is 422 g/mol. The quantitative estimate of drug-likeness (QED) is 0.537. The Bertz CT molecular complexity index is 942. The molecule has 3 N–H and O–H groups in total. The highest BCUT2D eigenvalue weighted by Gasteiger charge is 2.30. The molecule has 0 saturated heterocycles. The van der Waals surface area contributed by atoms with Crippen LogP contribution in [-0.4, -0.2) is 41.8 Å². The molecule has 0 saturated carbocycles. The molecular weight excluding hydrogens is 396 g/mol. The van der Waals surface area contributed by atoms with Crippen LogP contribution >= 0.6 is 0 Å². The highest BCUT2D eigenvalue weighted by Crippen LogP contribution is 2.44. The lowest BCUT2D eigenvalue weighted by atomic mass is 9.98. The van der Waals surface area contributed by atoms with E-state index in [1.54, 1.807) is 6.08 Å². The van der Waals surface area contributed by atoms with Gasteiger partial charge in [0.25, 0.3) is 0 Å². The molecule has 1 aliphatic carbocycles. The second-order valence-electron chi connectivity index (χ2n) is 7.46. The molecule has 2 aromatic rings. The van der Waals surface area contributed by atoms with Gasteiger partial charge in [-0.05, 0) is 42.0 Å². The number of rotatable bonds is 9. The van der Waals surface area contributed by atoms with Crippen molar-refractivity contribution in [2.75, 3.05) is 6.61 Å². The Balaban J connectivity index is 1.66. The van der Waals surface area contributed by atoms with E-state index in [1.165, 1.54) is 6.92 Å². The van der Waals surface area contributed by atoms with Gasteiger partial charge in [-0.15, -0.1) is 6.58 Å². The van der Waals surface area contributed by atoms with E-state index in [-0.39, 0.29) is 18.9 Å². The minimum atomic E-state index is -1.16. The minimum Gasteiger partial charge on any atom is -0.480 e. The number of fused-ring (bicyclic) bond motifs is 3. The third kappa shape index (κ3) is 5.12. The first kappa shape index (κ1) is 22.1. The van der Waals surface area contributed by atoms with Gasteiger partial charge >= 0.3 is 12.1 Å². The molecule has 0 aliphatic heterocycles. The third-order valence-corrected chi connectivity index (χ3v) is 5.34. The van der Waals surface area contributed by atoms with Crippen molar-refractivity contribution in [3.63, 3.8) is 0 Å². The van der Waals surface area contributed by atoms with E-state index in [9.17, 15) is 14.4 Å².